The van der Waals surface area contributed by atoms with Crippen molar-refractivity contribution in [2.45, 2.75) is 12.1 Å². The molecule has 1 fully saturated rings. The van der Waals surface area contributed by atoms with Gasteiger partial charge in [0, 0.05) is 0 Å². The van der Waals surface area contributed by atoms with E-state index in [0.29, 0.717) is 0 Å². The fourth-order valence-electron chi connectivity index (χ4n) is 1.32. The Kier molecular flexibility index (Phi) is 2.00. The number of amides is 1. The van der Waals surface area contributed by atoms with E-state index in [9.17, 15) is 4.79 Å². The molecule has 1 saturated heterocycles. The smallest absolute Gasteiger partial charge is 0.263 e. The van der Waals surface area contributed by atoms with Gasteiger partial charge >= 0.3 is 0 Å². The van der Waals surface area contributed by atoms with E-state index in [1.807, 2.05) is 30.3 Å². The lowest BCUT2D eigenvalue weighted by atomic mass is 10.0. The number of carbonyl (C=O) groups excluding carboxylic acids is 1. The van der Waals surface area contributed by atoms with E-state index in [0.717, 1.165) is 5.56 Å². The standard InChI is InChI=1S/C9H10N2O2/c10-7-8(13-11-9(7)12)6-4-2-1-3-5-6/h1-5,7-8H,10H2,(H,11,12)/t7-,8+/m0/s1. The molecule has 0 bridgehead atoms. The van der Waals surface area contributed by atoms with Crippen LogP contribution in [0.1, 0.15) is 11.7 Å². The summed E-state index contributed by atoms with van der Waals surface area (Å²) in [5.74, 6) is -0.270. The van der Waals surface area contributed by atoms with Gasteiger partial charge in [-0.3, -0.25) is 9.63 Å². The highest BCUT2D eigenvalue weighted by molar-refractivity contribution is 5.83. The highest BCUT2D eigenvalue weighted by atomic mass is 16.7. The van der Waals surface area contributed by atoms with E-state index in [1.54, 1.807) is 0 Å². The van der Waals surface area contributed by atoms with Crippen molar-refractivity contribution in [1.82, 2.24) is 5.48 Å². The molecule has 1 amide bonds. The first kappa shape index (κ1) is 8.22. The summed E-state index contributed by atoms with van der Waals surface area (Å²) in [6.45, 7) is 0. The van der Waals surface area contributed by atoms with E-state index < -0.39 is 6.04 Å². The summed E-state index contributed by atoms with van der Waals surface area (Å²) in [6.07, 6.45) is -0.367. The molecule has 4 nitrogen and oxygen atoms in total. The summed E-state index contributed by atoms with van der Waals surface area (Å²) in [5, 5.41) is 0. The Bertz CT molecular complexity index is 313. The normalized spacial score (nSPS) is 27.3. The third kappa shape index (κ3) is 1.41. The second-order valence-electron chi connectivity index (χ2n) is 2.94. The maximum Gasteiger partial charge on any atom is 0.263 e. The van der Waals surface area contributed by atoms with Crippen molar-refractivity contribution in [2.75, 3.05) is 0 Å². The van der Waals surface area contributed by atoms with Gasteiger partial charge in [0.15, 0.2) is 0 Å². The van der Waals surface area contributed by atoms with E-state index in [-0.39, 0.29) is 12.0 Å². The first-order valence-corrected chi connectivity index (χ1v) is 4.05. The molecule has 1 aromatic rings. The molecule has 68 valence electrons. The Morgan fingerprint density at radius 3 is 2.54 bits per heavy atom. The summed E-state index contributed by atoms with van der Waals surface area (Å²) in [5.41, 5.74) is 8.78. The average Bonchev–Trinajstić information content (AvgIpc) is 2.49. The second kappa shape index (κ2) is 3.16. The minimum Gasteiger partial charge on any atom is -0.317 e. The predicted molar refractivity (Wildman–Crippen MR) is 46.4 cm³/mol. The zero-order chi connectivity index (χ0) is 9.26. The largest absolute Gasteiger partial charge is 0.317 e. The number of rotatable bonds is 1. The number of nitrogens with two attached hydrogens (primary N) is 1. The van der Waals surface area contributed by atoms with Crippen LogP contribution in [0.15, 0.2) is 30.3 Å². The molecule has 1 heterocycles. The van der Waals surface area contributed by atoms with Crippen molar-refractivity contribution in [3.63, 3.8) is 0 Å². The molecule has 2 atom stereocenters. The molecule has 3 N–H and O–H groups in total. The lowest BCUT2D eigenvalue weighted by molar-refractivity contribution is -0.125. The van der Waals surface area contributed by atoms with Crippen molar-refractivity contribution >= 4 is 5.91 Å². The van der Waals surface area contributed by atoms with Gasteiger partial charge < -0.3 is 5.73 Å². The van der Waals surface area contributed by atoms with Gasteiger partial charge in [0.2, 0.25) is 0 Å². The topological polar surface area (TPSA) is 64.4 Å². The summed E-state index contributed by atoms with van der Waals surface area (Å²) in [4.78, 5) is 16.0. The van der Waals surface area contributed by atoms with Crippen LogP contribution in [0.5, 0.6) is 0 Å². The van der Waals surface area contributed by atoms with Gasteiger partial charge in [0.25, 0.3) is 5.91 Å². The molecule has 0 spiro atoms. The quantitative estimate of drug-likeness (QED) is 0.641. The molecule has 0 aliphatic carbocycles. The van der Waals surface area contributed by atoms with Crippen molar-refractivity contribution < 1.29 is 9.63 Å². The number of hydrogen-bond donors (Lipinski definition) is 2. The summed E-state index contributed by atoms with van der Waals surface area (Å²) in [7, 11) is 0. The fourth-order valence-corrected chi connectivity index (χ4v) is 1.32. The van der Waals surface area contributed by atoms with Gasteiger partial charge in [0.1, 0.15) is 12.1 Å². The predicted octanol–water partition coefficient (Wildman–Crippen LogP) is 0.116. The van der Waals surface area contributed by atoms with Crippen molar-refractivity contribution in [3.05, 3.63) is 35.9 Å². The van der Waals surface area contributed by atoms with Gasteiger partial charge in [-0.25, -0.2) is 5.48 Å². The van der Waals surface area contributed by atoms with Crippen LogP contribution in [-0.2, 0) is 9.63 Å². The van der Waals surface area contributed by atoms with Crippen LogP contribution in [-0.4, -0.2) is 11.9 Å². The first-order valence-electron chi connectivity index (χ1n) is 4.05. The minimum atomic E-state index is -0.609. The zero-order valence-electron chi connectivity index (χ0n) is 6.94. The van der Waals surface area contributed by atoms with Crippen LogP contribution in [0.25, 0.3) is 0 Å². The van der Waals surface area contributed by atoms with Crippen LogP contribution in [0.3, 0.4) is 0 Å². The molecule has 0 saturated carbocycles. The Morgan fingerprint density at radius 1 is 1.31 bits per heavy atom. The molecule has 1 aliphatic heterocycles. The monoisotopic (exact) mass is 178 g/mol. The highest BCUT2D eigenvalue weighted by Gasteiger charge is 2.34. The number of hydroxylamine groups is 1. The van der Waals surface area contributed by atoms with E-state index >= 15 is 0 Å². The molecule has 4 heteroatoms. The molecule has 0 unspecified atom stereocenters. The number of nitrogens with one attached hydrogen (secondary N) is 1. The highest BCUT2D eigenvalue weighted by Crippen LogP contribution is 2.22. The van der Waals surface area contributed by atoms with Crippen molar-refractivity contribution in [2.24, 2.45) is 5.73 Å². The molecule has 1 aliphatic rings. The third-order valence-corrected chi connectivity index (χ3v) is 2.04. The van der Waals surface area contributed by atoms with Crippen molar-refractivity contribution in [3.8, 4) is 0 Å². The van der Waals surface area contributed by atoms with E-state index in [1.165, 1.54) is 0 Å². The van der Waals surface area contributed by atoms with Crippen LogP contribution < -0.4 is 11.2 Å². The Balaban J connectivity index is 2.24. The van der Waals surface area contributed by atoms with E-state index in [4.69, 9.17) is 10.6 Å². The molecule has 1 aromatic carbocycles. The van der Waals surface area contributed by atoms with Crippen molar-refractivity contribution in [1.29, 1.82) is 0 Å². The van der Waals surface area contributed by atoms with Gasteiger partial charge in [-0.1, -0.05) is 30.3 Å². The molecule has 2 rings (SSSR count). The van der Waals surface area contributed by atoms with Crippen LogP contribution in [0.2, 0.25) is 0 Å². The maximum atomic E-state index is 11.0. The third-order valence-electron chi connectivity index (χ3n) is 2.04. The lowest BCUT2D eigenvalue weighted by Gasteiger charge is -2.10. The van der Waals surface area contributed by atoms with Crippen LogP contribution in [0, 0.1) is 0 Å². The zero-order valence-corrected chi connectivity index (χ0v) is 6.94. The summed E-state index contributed by atoms with van der Waals surface area (Å²) < 4.78 is 0. The molecular weight excluding hydrogens is 168 g/mol. The molecular formula is C9H10N2O2. The average molecular weight is 178 g/mol. The van der Waals surface area contributed by atoms with Crippen LogP contribution >= 0.6 is 0 Å². The Morgan fingerprint density at radius 2 is 2.00 bits per heavy atom. The molecule has 13 heavy (non-hydrogen) atoms. The van der Waals surface area contributed by atoms with Gasteiger partial charge in [-0.15, -0.1) is 0 Å². The first-order chi connectivity index (χ1) is 6.29. The Labute approximate surface area is 75.6 Å². The number of carbonyl (C=O) groups is 1. The minimum absolute atomic E-state index is 0.270. The fraction of sp³-hybridized carbons (Fsp3) is 0.222. The summed E-state index contributed by atoms with van der Waals surface area (Å²) >= 11 is 0. The number of benzene rings is 1. The van der Waals surface area contributed by atoms with Crippen LogP contribution in [0.4, 0.5) is 0 Å². The Hall–Kier alpha value is -1.39. The van der Waals surface area contributed by atoms with E-state index in [2.05, 4.69) is 5.48 Å². The lowest BCUT2D eigenvalue weighted by Crippen LogP contribution is -2.33. The second-order valence-corrected chi connectivity index (χ2v) is 2.94. The molecule has 0 aromatic heterocycles. The SMILES string of the molecule is N[C@@H]1C(=O)NO[C@@H]1c1ccccc1. The number of hydrogen-bond acceptors (Lipinski definition) is 3. The van der Waals surface area contributed by atoms with Gasteiger partial charge in [-0.05, 0) is 5.56 Å². The molecule has 0 radical (unpaired) electrons. The van der Waals surface area contributed by atoms with Gasteiger partial charge in [0.05, 0.1) is 0 Å². The maximum absolute atomic E-state index is 11.0. The summed E-state index contributed by atoms with van der Waals surface area (Å²) in [6, 6.07) is 8.82. The van der Waals surface area contributed by atoms with Gasteiger partial charge in [-0.2, -0.15) is 0 Å².